The Morgan fingerprint density at radius 1 is 0.933 bits per heavy atom. The van der Waals surface area contributed by atoms with E-state index in [9.17, 15) is 4.79 Å². The van der Waals surface area contributed by atoms with Gasteiger partial charge in [-0.05, 0) is 32.4 Å². The molecule has 154 valence electrons. The predicted molar refractivity (Wildman–Crippen MR) is 114 cm³/mol. The van der Waals surface area contributed by atoms with Gasteiger partial charge >= 0.3 is 0 Å². The number of amides is 1. The molecule has 1 spiro atoms. The van der Waals surface area contributed by atoms with Gasteiger partial charge in [-0.25, -0.2) is 9.97 Å². The summed E-state index contributed by atoms with van der Waals surface area (Å²) < 4.78 is 2.37. The Balaban J connectivity index is 1.41. The lowest BCUT2D eigenvalue weighted by atomic mass is 9.83. The molecule has 1 fully saturated rings. The molecule has 3 aromatic rings. The Hall–Kier alpha value is -3.06. The lowest BCUT2D eigenvalue weighted by Crippen LogP contribution is -2.57. The molecule has 1 saturated heterocycles. The van der Waals surface area contributed by atoms with Gasteiger partial charge in [0.25, 0.3) is 5.91 Å². The number of likely N-dealkylation sites (N-methyl/N-ethyl adjacent to an activating group) is 1. The summed E-state index contributed by atoms with van der Waals surface area (Å²) in [5.74, 6) is 1.08. The number of hydrogen-bond acceptors (Lipinski definition) is 5. The molecule has 7 nitrogen and oxygen atoms in total. The minimum absolute atomic E-state index is 0.0378. The van der Waals surface area contributed by atoms with E-state index in [0.717, 1.165) is 37.4 Å². The van der Waals surface area contributed by atoms with Crippen molar-refractivity contribution in [2.45, 2.75) is 31.8 Å². The van der Waals surface area contributed by atoms with Crippen LogP contribution in [0.15, 0.2) is 48.9 Å². The second-order valence-corrected chi connectivity index (χ2v) is 8.27. The molecule has 4 heterocycles. The van der Waals surface area contributed by atoms with Crippen LogP contribution in [0.1, 0.15) is 34.8 Å². The number of carbonyl (C=O) groups is 1. The fourth-order valence-corrected chi connectivity index (χ4v) is 4.80. The molecule has 0 atom stereocenters. The topological polar surface area (TPSA) is 67.2 Å². The molecule has 2 aliphatic rings. The van der Waals surface area contributed by atoms with Crippen molar-refractivity contribution in [1.29, 1.82) is 0 Å². The molecule has 0 unspecified atom stereocenters. The molecular formula is C23H26N6O. The number of rotatable bonds is 2. The van der Waals surface area contributed by atoms with Crippen LogP contribution in [0.2, 0.25) is 0 Å². The van der Waals surface area contributed by atoms with Gasteiger partial charge in [0.2, 0.25) is 0 Å². The number of aryl methyl sites for hydroxylation is 1. The first-order valence-electron chi connectivity index (χ1n) is 10.5. The fraction of sp³-hybridized carbons (Fsp3) is 0.391. The number of nitrogens with zero attached hydrogens (tertiary/aromatic N) is 6. The molecule has 0 N–H and O–H groups in total. The standard InChI is InChI=1S/C23H26N6O/c1-17-14-25-19(15-24-17)21(30)28-10-8-23(9-11-28)22-26-16-20(18-6-4-3-5-7-18)29(22)13-12-27(23)2/h3-7,14-16H,8-13H2,1-2H3. The van der Waals surface area contributed by atoms with Gasteiger partial charge in [-0.1, -0.05) is 30.3 Å². The number of fused-ring (bicyclic) bond motifs is 2. The van der Waals surface area contributed by atoms with Gasteiger partial charge < -0.3 is 9.47 Å². The average molecular weight is 403 g/mol. The van der Waals surface area contributed by atoms with Crippen LogP contribution >= 0.6 is 0 Å². The number of piperidine rings is 1. The molecule has 0 bridgehead atoms. The Labute approximate surface area is 176 Å². The fourth-order valence-electron chi connectivity index (χ4n) is 4.80. The quantitative estimate of drug-likeness (QED) is 0.659. The van der Waals surface area contributed by atoms with Crippen LogP contribution in [0.3, 0.4) is 0 Å². The van der Waals surface area contributed by atoms with Crippen LogP contribution < -0.4 is 0 Å². The Bertz CT molecular complexity index is 1050. The smallest absolute Gasteiger partial charge is 0.274 e. The van der Waals surface area contributed by atoms with Crippen molar-refractivity contribution in [1.82, 2.24) is 29.3 Å². The van der Waals surface area contributed by atoms with Crippen molar-refractivity contribution in [3.8, 4) is 11.3 Å². The number of likely N-dealkylation sites (tertiary alicyclic amines) is 1. The van der Waals surface area contributed by atoms with Gasteiger partial charge in [-0.2, -0.15) is 0 Å². The summed E-state index contributed by atoms with van der Waals surface area (Å²) in [4.78, 5) is 30.6. The predicted octanol–water partition coefficient (Wildman–Crippen LogP) is 2.73. The van der Waals surface area contributed by atoms with Crippen molar-refractivity contribution in [2.75, 3.05) is 26.7 Å². The normalized spacial score (nSPS) is 18.4. The molecule has 0 radical (unpaired) electrons. The Morgan fingerprint density at radius 2 is 1.70 bits per heavy atom. The minimum Gasteiger partial charge on any atom is -0.337 e. The molecule has 0 saturated carbocycles. The van der Waals surface area contributed by atoms with Crippen LogP contribution in [-0.4, -0.2) is 61.9 Å². The van der Waals surface area contributed by atoms with E-state index in [2.05, 4.69) is 50.7 Å². The highest BCUT2D eigenvalue weighted by atomic mass is 16.2. The number of benzene rings is 1. The third-order valence-corrected chi connectivity index (χ3v) is 6.61. The second-order valence-electron chi connectivity index (χ2n) is 8.27. The first-order chi connectivity index (χ1) is 14.6. The van der Waals surface area contributed by atoms with Gasteiger partial charge in [-0.3, -0.25) is 14.7 Å². The minimum atomic E-state index is -0.138. The van der Waals surface area contributed by atoms with Crippen molar-refractivity contribution < 1.29 is 4.79 Å². The van der Waals surface area contributed by atoms with E-state index < -0.39 is 0 Å². The van der Waals surface area contributed by atoms with E-state index in [-0.39, 0.29) is 11.4 Å². The zero-order valence-electron chi connectivity index (χ0n) is 17.5. The zero-order chi connectivity index (χ0) is 20.7. The summed E-state index contributed by atoms with van der Waals surface area (Å²) in [5.41, 5.74) is 3.46. The largest absolute Gasteiger partial charge is 0.337 e. The van der Waals surface area contributed by atoms with E-state index >= 15 is 0 Å². The highest BCUT2D eigenvalue weighted by molar-refractivity contribution is 5.92. The monoisotopic (exact) mass is 402 g/mol. The van der Waals surface area contributed by atoms with Gasteiger partial charge in [0.15, 0.2) is 0 Å². The molecule has 7 heteroatoms. The van der Waals surface area contributed by atoms with E-state index in [1.54, 1.807) is 12.4 Å². The van der Waals surface area contributed by atoms with Crippen LogP contribution in [0, 0.1) is 6.92 Å². The highest BCUT2D eigenvalue weighted by Gasteiger charge is 2.46. The molecule has 5 rings (SSSR count). The lowest BCUT2D eigenvalue weighted by Gasteiger charge is -2.49. The molecule has 30 heavy (non-hydrogen) atoms. The lowest BCUT2D eigenvalue weighted by molar-refractivity contribution is 0.00990. The number of carbonyl (C=O) groups excluding carboxylic acids is 1. The van der Waals surface area contributed by atoms with Crippen LogP contribution in [0.25, 0.3) is 11.3 Å². The maximum atomic E-state index is 12.9. The summed E-state index contributed by atoms with van der Waals surface area (Å²) in [6.45, 7) is 5.15. The summed E-state index contributed by atoms with van der Waals surface area (Å²) in [6, 6.07) is 10.5. The molecule has 1 amide bonds. The van der Waals surface area contributed by atoms with E-state index in [1.165, 1.54) is 11.3 Å². The first kappa shape index (κ1) is 18.9. The van der Waals surface area contributed by atoms with Gasteiger partial charge in [0.1, 0.15) is 11.5 Å². The molecule has 2 aliphatic heterocycles. The van der Waals surface area contributed by atoms with Crippen LogP contribution in [-0.2, 0) is 12.1 Å². The zero-order valence-corrected chi connectivity index (χ0v) is 17.5. The number of imidazole rings is 1. The van der Waals surface area contributed by atoms with Crippen molar-refractivity contribution in [2.24, 2.45) is 0 Å². The average Bonchev–Trinajstić information content (AvgIpc) is 3.23. The summed E-state index contributed by atoms with van der Waals surface area (Å²) in [6.07, 6.45) is 6.95. The number of hydrogen-bond donors (Lipinski definition) is 0. The van der Waals surface area contributed by atoms with E-state index in [1.807, 2.05) is 24.1 Å². The van der Waals surface area contributed by atoms with Crippen molar-refractivity contribution in [3.05, 3.63) is 66.1 Å². The SMILES string of the molecule is Cc1cnc(C(=O)N2CCC3(CC2)c2ncc(-c4ccccc4)n2CCN3C)cn1. The summed E-state index contributed by atoms with van der Waals surface area (Å²) in [5, 5.41) is 0. The van der Waals surface area contributed by atoms with Crippen molar-refractivity contribution in [3.63, 3.8) is 0 Å². The summed E-state index contributed by atoms with van der Waals surface area (Å²) >= 11 is 0. The Kier molecular flexibility index (Phi) is 4.62. The molecule has 0 aliphatic carbocycles. The first-order valence-corrected chi connectivity index (χ1v) is 10.5. The Morgan fingerprint density at radius 3 is 2.40 bits per heavy atom. The molecule has 1 aromatic carbocycles. The van der Waals surface area contributed by atoms with Gasteiger partial charge in [0.05, 0.1) is 29.3 Å². The number of aromatic nitrogens is 4. The molecular weight excluding hydrogens is 376 g/mol. The third-order valence-electron chi connectivity index (χ3n) is 6.61. The van der Waals surface area contributed by atoms with Gasteiger partial charge in [-0.15, -0.1) is 0 Å². The van der Waals surface area contributed by atoms with Crippen LogP contribution in [0.5, 0.6) is 0 Å². The van der Waals surface area contributed by atoms with Crippen molar-refractivity contribution >= 4 is 5.91 Å². The third kappa shape index (κ3) is 3.01. The highest BCUT2D eigenvalue weighted by Crippen LogP contribution is 2.41. The summed E-state index contributed by atoms with van der Waals surface area (Å²) in [7, 11) is 2.18. The van der Waals surface area contributed by atoms with E-state index in [4.69, 9.17) is 4.98 Å². The molecule has 2 aromatic heterocycles. The maximum absolute atomic E-state index is 12.9. The second kappa shape index (κ2) is 7.32. The maximum Gasteiger partial charge on any atom is 0.274 e. The van der Waals surface area contributed by atoms with Gasteiger partial charge in [0, 0.05) is 32.4 Å². The van der Waals surface area contributed by atoms with E-state index in [0.29, 0.717) is 18.8 Å². The van der Waals surface area contributed by atoms with Crippen LogP contribution in [0.4, 0.5) is 0 Å².